The SMILES string of the molecule is Clc1ccc(OCc2nc(SCCc3ccccc3)n[nH]2)cc1. The van der Waals surface area contributed by atoms with Crippen LogP contribution >= 0.6 is 23.4 Å². The molecular formula is C17H16ClN3OS. The summed E-state index contributed by atoms with van der Waals surface area (Å²) in [7, 11) is 0. The zero-order valence-corrected chi connectivity index (χ0v) is 14.0. The summed E-state index contributed by atoms with van der Waals surface area (Å²) in [6.07, 6.45) is 0.997. The van der Waals surface area contributed by atoms with Crippen LogP contribution in [0, 0.1) is 0 Å². The van der Waals surface area contributed by atoms with Crippen molar-refractivity contribution in [2.75, 3.05) is 5.75 Å². The molecule has 3 rings (SSSR count). The maximum absolute atomic E-state index is 5.84. The van der Waals surface area contributed by atoms with Gasteiger partial charge in [0.05, 0.1) is 0 Å². The third-order valence-corrected chi connectivity index (χ3v) is 4.27. The highest BCUT2D eigenvalue weighted by Crippen LogP contribution is 2.18. The number of aryl methyl sites for hydroxylation is 1. The third kappa shape index (κ3) is 5.01. The number of rotatable bonds is 7. The van der Waals surface area contributed by atoms with Crippen LogP contribution in [0.3, 0.4) is 0 Å². The van der Waals surface area contributed by atoms with Crippen LogP contribution in [-0.2, 0) is 13.0 Å². The summed E-state index contributed by atoms with van der Waals surface area (Å²) in [5.41, 5.74) is 1.32. The van der Waals surface area contributed by atoms with E-state index in [0.29, 0.717) is 17.5 Å². The molecular weight excluding hydrogens is 330 g/mol. The largest absolute Gasteiger partial charge is 0.486 e. The summed E-state index contributed by atoms with van der Waals surface area (Å²) < 4.78 is 5.63. The van der Waals surface area contributed by atoms with Gasteiger partial charge in [0.2, 0.25) is 5.16 Å². The lowest BCUT2D eigenvalue weighted by atomic mass is 10.2. The van der Waals surface area contributed by atoms with Crippen molar-refractivity contribution in [3.63, 3.8) is 0 Å². The van der Waals surface area contributed by atoms with Gasteiger partial charge in [-0.05, 0) is 36.2 Å². The van der Waals surface area contributed by atoms with Crippen molar-refractivity contribution in [2.24, 2.45) is 0 Å². The Kier molecular flexibility index (Phi) is 5.56. The minimum Gasteiger partial charge on any atom is -0.486 e. The number of aromatic amines is 1. The maximum Gasteiger partial charge on any atom is 0.208 e. The quantitative estimate of drug-likeness (QED) is 0.646. The molecule has 0 aliphatic carbocycles. The fourth-order valence-electron chi connectivity index (χ4n) is 1.99. The van der Waals surface area contributed by atoms with E-state index in [0.717, 1.165) is 23.1 Å². The first kappa shape index (κ1) is 15.9. The van der Waals surface area contributed by atoms with Gasteiger partial charge in [-0.15, -0.1) is 5.10 Å². The zero-order valence-electron chi connectivity index (χ0n) is 12.4. The van der Waals surface area contributed by atoms with Crippen molar-refractivity contribution in [3.8, 4) is 5.75 Å². The van der Waals surface area contributed by atoms with Gasteiger partial charge in [-0.1, -0.05) is 53.7 Å². The van der Waals surface area contributed by atoms with Crippen molar-refractivity contribution < 1.29 is 4.74 Å². The molecule has 1 N–H and O–H groups in total. The Labute approximate surface area is 144 Å². The highest BCUT2D eigenvalue weighted by atomic mass is 35.5. The summed E-state index contributed by atoms with van der Waals surface area (Å²) in [5, 5.41) is 8.54. The van der Waals surface area contributed by atoms with E-state index in [9.17, 15) is 0 Å². The fraction of sp³-hybridized carbons (Fsp3) is 0.176. The zero-order chi connectivity index (χ0) is 15.9. The van der Waals surface area contributed by atoms with Crippen molar-refractivity contribution in [1.82, 2.24) is 15.2 Å². The molecule has 0 saturated carbocycles. The van der Waals surface area contributed by atoms with Gasteiger partial charge >= 0.3 is 0 Å². The van der Waals surface area contributed by atoms with E-state index in [1.165, 1.54) is 5.56 Å². The van der Waals surface area contributed by atoms with Gasteiger partial charge in [0.15, 0.2) is 5.82 Å². The lowest BCUT2D eigenvalue weighted by molar-refractivity contribution is 0.296. The molecule has 0 aliphatic rings. The number of hydrogen-bond acceptors (Lipinski definition) is 4. The number of H-pyrrole nitrogens is 1. The second-order valence-corrected chi connectivity index (χ2v) is 6.39. The molecule has 1 heterocycles. The van der Waals surface area contributed by atoms with Gasteiger partial charge in [-0.25, -0.2) is 4.98 Å². The average Bonchev–Trinajstić information content (AvgIpc) is 3.03. The number of thioether (sulfide) groups is 1. The molecule has 4 nitrogen and oxygen atoms in total. The van der Waals surface area contributed by atoms with E-state index in [4.69, 9.17) is 16.3 Å². The highest BCUT2D eigenvalue weighted by Gasteiger charge is 2.05. The van der Waals surface area contributed by atoms with Gasteiger partial charge in [0.1, 0.15) is 12.4 Å². The van der Waals surface area contributed by atoms with E-state index in [2.05, 4.69) is 39.4 Å². The summed E-state index contributed by atoms with van der Waals surface area (Å²) in [6, 6.07) is 17.6. The molecule has 0 aliphatic heterocycles. The molecule has 23 heavy (non-hydrogen) atoms. The topological polar surface area (TPSA) is 50.8 Å². The lowest BCUT2D eigenvalue weighted by Gasteiger charge is -2.03. The summed E-state index contributed by atoms with van der Waals surface area (Å²) in [5.74, 6) is 2.41. The van der Waals surface area contributed by atoms with Crippen LogP contribution in [0.25, 0.3) is 0 Å². The van der Waals surface area contributed by atoms with E-state index in [1.54, 1.807) is 23.9 Å². The second kappa shape index (κ2) is 8.04. The van der Waals surface area contributed by atoms with Gasteiger partial charge in [-0.3, -0.25) is 5.10 Å². The predicted octanol–water partition coefficient (Wildman–Crippen LogP) is 4.37. The van der Waals surface area contributed by atoms with Crippen LogP contribution in [0.15, 0.2) is 59.8 Å². The number of aromatic nitrogens is 3. The predicted molar refractivity (Wildman–Crippen MR) is 93.0 cm³/mol. The molecule has 0 bridgehead atoms. The van der Waals surface area contributed by atoms with Crippen LogP contribution < -0.4 is 4.74 Å². The highest BCUT2D eigenvalue weighted by molar-refractivity contribution is 7.99. The van der Waals surface area contributed by atoms with Crippen molar-refractivity contribution in [3.05, 3.63) is 71.0 Å². The average molecular weight is 346 g/mol. The smallest absolute Gasteiger partial charge is 0.208 e. The molecule has 0 atom stereocenters. The van der Waals surface area contributed by atoms with E-state index in [-0.39, 0.29) is 0 Å². The molecule has 1 aromatic heterocycles. The summed E-state index contributed by atoms with van der Waals surface area (Å²) in [4.78, 5) is 4.42. The van der Waals surface area contributed by atoms with Crippen molar-refractivity contribution >= 4 is 23.4 Å². The molecule has 0 amide bonds. The first-order valence-corrected chi connectivity index (χ1v) is 8.62. The molecule has 118 valence electrons. The molecule has 0 saturated heterocycles. The van der Waals surface area contributed by atoms with Gasteiger partial charge in [0.25, 0.3) is 0 Å². The molecule has 2 aromatic carbocycles. The number of nitrogens with zero attached hydrogens (tertiary/aromatic N) is 2. The van der Waals surface area contributed by atoms with Gasteiger partial charge in [0, 0.05) is 10.8 Å². The Morgan fingerprint density at radius 1 is 1.04 bits per heavy atom. The molecule has 0 radical (unpaired) electrons. The second-order valence-electron chi connectivity index (χ2n) is 4.89. The number of nitrogens with one attached hydrogen (secondary N) is 1. The normalized spacial score (nSPS) is 10.7. The van der Waals surface area contributed by atoms with Crippen molar-refractivity contribution in [1.29, 1.82) is 0 Å². The minimum absolute atomic E-state index is 0.355. The van der Waals surface area contributed by atoms with E-state index >= 15 is 0 Å². The Morgan fingerprint density at radius 3 is 2.61 bits per heavy atom. The third-order valence-electron chi connectivity index (χ3n) is 3.17. The molecule has 0 fully saturated rings. The molecule has 0 unspecified atom stereocenters. The first-order valence-electron chi connectivity index (χ1n) is 7.26. The number of benzene rings is 2. The lowest BCUT2D eigenvalue weighted by Crippen LogP contribution is -1.97. The Balaban J connectivity index is 1.45. The Morgan fingerprint density at radius 2 is 1.83 bits per heavy atom. The van der Waals surface area contributed by atoms with Crippen LogP contribution in [0.2, 0.25) is 5.02 Å². The summed E-state index contributed by atoms with van der Waals surface area (Å²) >= 11 is 7.47. The van der Waals surface area contributed by atoms with Crippen LogP contribution in [0.4, 0.5) is 0 Å². The van der Waals surface area contributed by atoms with Gasteiger partial charge in [-0.2, -0.15) is 0 Å². The van der Waals surface area contributed by atoms with E-state index in [1.807, 2.05) is 18.2 Å². The number of halogens is 1. The minimum atomic E-state index is 0.355. The molecule has 3 aromatic rings. The van der Waals surface area contributed by atoms with Crippen LogP contribution in [0.5, 0.6) is 5.75 Å². The Bertz CT molecular complexity index is 731. The molecule has 0 spiro atoms. The molecule has 6 heteroatoms. The number of ether oxygens (including phenoxy) is 1. The first-order chi connectivity index (χ1) is 11.3. The maximum atomic E-state index is 5.84. The van der Waals surface area contributed by atoms with Crippen LogP contribution in [-0.4, -0.2) is 20.9 Å². The summed E-state index contributed by atoms with van der Waals surface area (Å²) in [6.45, 7) is 0.355. The standard InChI is InChI=1S/C17H16ClN3OS/c18-14-6-8-15(9-7-14)22-12-16-19-17(21-20-16)23-11-10-13-4-2-1-3-5-13/h1-9H,10-12H2,(H,19,20,21). The van der Waals surface area contributed by atoms with Crippen molar-refractivity contribution in [2.45, 2.75) is 18.2 Å². The van der Waals surface area contributed by atoms with Gasteiger partial charge < -0.3 is 4.74 Å². The Hall–Kier alpha value is -1.98. The monoisotopic (exact) mass is 345 g/mol. The van der Waals surface area contributed by atoms with Crippen LogP contribution in [0.1, 0.15) is 11.4 Å². The van der Waals surface area contributed by atoms with E-state index < -0.39 is 0 Å². The number of hydrogen-bond donors (Lipinski definition) is 1. The fourth-order valence-corrected chi connectivity index (χ4v) is 2.93.